The number of hydrogen-bond acceptors (Lipinski definition) is 5. The number of ether oxygens (including phenoxy) is 1. The van der Waals surface area contributed by atoms with Crippen LogP contribution in [0.25, 0.3) is 11.0 Å². The molecule has 5 rings (SSSR count). The van der Waals surface area contributed by atoms with E-state index in [1.165, 1.54) is 12.1 Å². The van der Waals surface area contributed by atoms with E-state index in [2.05, 4.69) is 10.2 Å². The van der Waals surface area contributed by atoms with Crippen molar-refractivity contribution in [3.8, 4) is 5.75 Å². The lowest BCUT2D eigenvalue weighted by atomic mass is 10.2. The van der Waals surface area contributed by atoms with Gasteiger partial charge >= 0.3 is 0 Å². The fourth-order valence-corrected chi connectivity index (χ4v) is 4.12. The monoisotopic (exact) mass is 473 g/mol. The second-order valence-corrected chi connectivity index (χ2v) is 8.21. The van der Waals surface area contributed by atoms with Gasteiger partial charge in [0.25, 0.3) is 11.8 Å². The minimum absolute atomic E-state index is 0.0921. The van der Waals surface area contributed by atoms with E-state index in [0.29, 0.717) is 48.6 Å². The van der Waals surface area contributed by atoms with Crippen molar-refractivity contribution in [2.24, 2.45) is 0 Å². The maximum Gasteiger partial charge on any atom is 0.291 e. The molecule has 0 radical (unpaired) electrons. The number of carbonyl (C=O) groups excluding carboxylic acids is 2. The lowest BCUT2D eigenvalue weighted by Gasteiger charge is -2.35. The van der Waals surface area contributed by atoms with Crippen LogP contribution in [0.1, 0.15) is 10.6 Å². The molecular weight excluding hydrogens is 449 g/mol. The Morgan fingerprint density at radius 1 is 0.886 bits per heavy atom. The molecule has 1 saturated heterocycles. The van der Waals surface area contributed by atoms with Crippen LogP contribution in [-0.2, 0) is 4.79 Å². The number of anilines is 2. The first-order valence-corrected chi connectivity index (χ1v) is 11.4. The van der Waals surface area contributed by atoms with E-state index in [9.17, 15) is 14.0 Å². The van der Waals surface area contributed by atoms with Crippen molar-refractivity contribution in [2.75, 3.05) is 43.0 Å². The molecule has 35 heavy (non-hydrogen) atoms. The molecular formula is C27H24FN3O4. The zero-order chi connectivity index (χ0) is 24.2. The Morgan fingerprint density at radius 2 is 1.57 bits per heavy atom. The van der Waals surface area contributed by atoms with Crippen LogP contribution in [0, 0.1) is 5.82 Å². The van der Waals surface area contributed by atoms with Crippen LogP contribution in [0.4, 0.5) is 15.8 Å². The summed E-state index contributed by atoms with van der Waals surface area (Å²) in [6.07, 6.45) is 0. The van der Waals surface area contributed by atoms with Gasteiger partial charge in [0, 0.05) is 37.3 Å². The standard InChI is InChI=1S/C27H24FN3O4/c28-19-10-12-20(13-11-19)30-14-16-31(17-15-30)27(33)26-25(22-8-4-5-9-23(22)35-26)29-24(32)18-34-21-6-2-1-3-7-21/h1-13H,14-18H2,(H,29,32). The Kier molecular flexibility index (Phi) is 6.34. The van der Waals surface area contributed by atoms with Gasteiger partial charge in [-0.1, -0.05) is 30.3 Å². The van der Waals surface area contributed by atoms with Crippen molar-refractivity contribution in [1.29, 1.82) is 0 Å². The van der Waals surface area contributed by atoms with E-state index >= 15 is 0 Å². The number of fused-ring (bicyclic) bond motifs is 1. The van der Waals surface area contributed by atoms with Crippen molar-refractivity contribution >= 4 is 34.2 Å². The number of piperazine rings is 1. The maximum atomic E-state index is 13.4. The molecule has 1 aliphatic rings. The first-order valence-electron chi connectivity index (χ1n) is 11.4. The molecule has 4 aromatic rings. The molecule has 1 fully saturated rings. The van der Waals surface area contributed by atoms with Gasteiger partial charge in [-0.05, 0) is 48.5 Å². The third-order valence-corrected chi connectivity index (χ3v) is 5.93. The molecule has 0 spiro atoms. The molecule has 7 nitrogen and oxygen atoms in total. The van der Waals surface area contributed by atoms with Gasteiger partial charge in [-0.25, -0.2) is 4.39 Å². The normalized spacial score (nSPS) is 13.6. The van der Waals surface area contributed by atoms with Crippen molar-refractivity contribution in [3.05, 3.63) is 90.4 Å². The number of amides is 2. The van der Waals surface area contributed by atoms with Crippen LogP contribution >= 0.6 is 0 Å². The number of hydrogen-bond donors (Lipinski definition) is 1. The zero-order valence-corrected chi connectivity index (χ0v) is 18.9. The maximum absolute atomic E-state index is 13.4. The smallest absolute Gasteiger partial charge is 0.291 e. The van der Waals surface area contributed by atoms with E-state index in [4.69, 9.17) is 9.15 Å². The summed E-state index contributed by atoms with van der Waals surface area (Å²) in [7, 11) is 0. The van der Waals surface area contributed by atoms with Gasteiger partial charge < -0.3 is 24.3 Å². The van der Waals surface area contributed by atoms with Gasteiger partial charge in [0.1, 0.15) is 22.8 Å². The summed E-state index contributed by atoms with van der Waals surface area (Å²) in [5.74, 6) is -0.296. The van der Waals surface area contributed by atoms with Crippen LogP contribution in [0.15, 0.2) is 83.3 Å². The lowest BCUT2D eigenvalue weighted by molar-refractivity contribution is -0.118. The highest BCUT2D eigenvalue weighted by Gasteiger charge is 2.29. The van der Waals surface area contributed by atoms with E-state index in [1.807, 2.05) is 30.3 Å². The van der Waals surface area contributed by atoms with Crippen LogP contribution in [-0.4, -0.2) is 49.5 Å². The largest absolute Gasteiger partial charge is 0.484 e. The molecule has 0 aliphatic carbocycles. The highest BCUT2D eigenvalue weighted by Crippen LogP contribution is 2.32. The summed E-state index contributed by atoms with van der Waals surface area (Å²) < 4.78 is 24.7. The second kappa shape index (κ2) is 9.89. The Labute approximate surface area is 201 Å². The zero-order valence-electron chi connectivity index (χ0n) is 18.9. The Bertz CT molecular complexity index is 1330. The fourth-order valence-electron chi connectivity index (χ4n) is 4.12. The number of halogens is 1. The third-order valence-electron chi connectivity index (χ3n) is 5.93. The van der Waals surface area contributed by atoms with Gasteiger partial charge in [0.15, 0.2) is 6.61 Å². The van der Waals surface area contributed by atoms with E-state index < -0.39 is 5.91 Å². The number of rotatable bonds is 6. The van der Waals surface area contributed by atoms with Crippen molar-refractivity contribution in [3.63, 3.8) is 0 Å². The molecule has 8 heteroatoms. The van der Waals surface area contributed by atoms with E-state index in [1.54, 1.807) is 41.3 Å². The molecule has 2 heterocycles. The number of carbonyl (C=O) groups is 2. The highest BCUT2D eigenvalue weighted by atomic mass is 19.1. The quantitative estimate of drug-likeness (QED) is 0.445. The van der Waals surface area contributed by atoms with Gasteiger partial charge in [-0.2, -0.15) is 0 Å². The summed E-state index contributed by atoms with van der Waals surface area (Å²) in [5, 5.41) is 3.46. The van der Waals surface area contributed by atoms with Gasteiger partial charge in [-0.15, -0.1) is 0 Å². The molecule has 0 atom stereocenters. The van der Waals surface area contributed by atoms with E-state index in [-0.39, 0.29) is 24.1 Å². The second-order valence-electron chi connectivity index (χ2n) is 8.21. The summed E-state index contributed by atoms with van der Waals surface area (Å²) in [6.45, 7) is 1.94. The number of benzene rings is 3. The van der Waals surface area contributed by atoms with Gasteiger partial charge in [0.05, 0.1) is 0 Å². The average molecular weight is 474 g/mol. The first-order chi connectivity index (χ1) is 17.1. The Balaban J connectivity index is 1.30. The number of furan rings is 1. The molecule has 1 aliphatic heterocycles. The van der Waals surface area contributed by atoms with Gasteiger partial charge in [-0.3, -0.25) is 9.59 Å². The predicted molar refractivity (Wildman–Crippen MR) is 131 cm³/mol. The first kappa shape index (κ1) is 22.5. The Morgan fingerprint density at radius 3 is 2.31 bits per heavy atom. The van der Waals surface area contributed by atoms with Crippen LogP contribution < -0.4 is 15.0 Å². The van der Waals surface area contributed by atoms with E-state index in [0.717, 1.165) is 5.69 Å². The molecule has 1 N–H and O–H groups in total. The number of para-hydroxylation sites is 2. The molecule has 3 aromatic carbocycles. The number of nitrogens with zero attached hydrogens (tertiary/aromatic N) is 2. The molecule has 178 valence electrons. The van der Waals surface area contributed by atoms with Crippen molar-refractivity contribution in [2.45, 2.75) is 0 Å². The summed E-state index contributed by atoms with van der Waals surface area (Å²) in [5.41, 5.74) is 1.77. The molecule has 0 saturated carbocycles. The molecule has 0 bridgehead atoms. The van der Waals surface area contributed by atoms with Crippen molar-refractivity contribution in [1.82, 2.24) is 4.90 Å². The highest BCUT2D eigenvalue weighted by molar-refractivity contribution is 6.11. The van der Waals surface area contributed by atoms with Crippen LogP contribution in [0.3, 0.4) is 0 Å². The fraction of sp³-hybridized carbons (Fsp3) is 0.185. The average Bonchev–Trinajstić information content (AvgIpc) is 3.26. The summed E-state index contributed by atoms with van der Waals surface area (Å²) in [6, 6.07) is 22.6. The Hall–Kier alpha value is -4.33. The van der Waals surface area contributed by atoms with Crippen molar-refractivity contribution < 1.29 is 23.1 Å². The molecule has 1 aromatic heterocycles. The molecule has 2 amide bonds. The predicted octanol–water partition coefficient (Wildman–Crippen LogP) is 4.55. The topological polar surface area (TPSA) is 75.0 Å². The minimum atomic E-state index is -0.393. The summed E-state index contributed by atoms with van der Waals surface area (Å²) in [4.78, 5) is 29.9. The van der Waals surface area contributed by atoms with Crippen LogP contribution in [0.2, 0.25) is 0 Å². The minimum Gasteiger partial charge on any atom is -0.484 e. The third kappa shape index (κ3) is 4.96. The number of nitrogens with one attached hydrogen (secondary N) is 1. The molecule has 0 unspecified atom stereocenters. The SMILES string of the molecule is O=C(COc1ccccc1)Nc1c(C(=O)N2CCN(c3ccc(F)cc3)CC2)oc2ccccc12. The van der Waals surface area contributed by atoms with Gasteiger partial charge in [0.2, 0.25) is 5.76 Å². The van der Waals surface area contributed by atoms with Crippen LogP contribution in [0.5, 0.6) is 5.75 Å². The lowest BCUT2D eigenvalue weighted by Crippen LogP contribution is -2.48. The summed E-state index contributed by atoms with van der Waals surface area (Å²) >= 11 is 0.